The molecule has 2 aromatic carbocycles. The SMILES string of the molecule is Cc1ccc(C(O)=C2C(=O)C(=O)N(CCCCCC(=O)O)[C@@H]2c2ccc3c(c2)OCO3)cc1. The maximum atomic E-state index is 13.1. The third-order valence-electron chi connectivity index (χ3n) is 5.87. The molecule has 2 aliphatic rings. The number of ether oxygens (including phenoxy) is 2. The highest BCUT2D eigenvalue weighted by molar-refractivity contribution is 6.46. The minimum atomic E-state index is -0.867. The summed E-state index contributed by atoms with van der Waals surface area (Å²) in [5, 5.41) is 19.9. The number of aliphatic carboxylic acids is 1. The van der Waals surface area contributed by atoms with Crippen LogP contribution in [0.5, 0.6) is 11.5 Å². The topological polar surface area (TPSA) is 113 Å². The third-order valence-corrected chi connectivity index (χ3v) is 5.87. The van der Waals surface area contributed by atoms with Crippen LogP contribution >= 0.6 is 0 Å². The second kappa shape index (κ2) is 9.36. The van der Waals surface area contributed by atoms with E-state index in [0.29, 0.717) is 41.9 Å². The number of Topliss-reactive ketones (excluding diaryl/α,β-unsaturated/α-hetero) is 1. The van der Waals surface area contributed by atoms with Crippen molar-refractivity contribution in [3.63, 3.8) is 0 Å². The molecular weight excluding hydrogens is 426 g/mol. The number of benzene rings is 2. The third kappa shape index (κ3) is 4.55. The highest BCUT2D eigenvalue weighted by Crippen LogP contribution is 2.43. The van der Waals surface area contributed by atoms with Crippen LogP contribution in [-0.4, -0.2) is 46.1 Å². The number of ketones is 1. The summed E-state index contributed by atoms with van der Waals surface area (Å²) >= 11 is 0. The van der Waals surface area contributed by atoms with E-state index in [1.807, 2.05) is 19.1 Å². The average Bonchev–Trinajstić information content (AvgIpc) is 3.36. The van der Waals surface area contributed by atoms with Crippen molar-refractivity contribution in [1.29, 1.82) is 0 Å². The molecule has 0 bridgehead atoms. The number of carboxylic acid groups (broad SMARTS) is 1. The van der Waals surface area contributed by atoms with Gasteiger partial charge in [-0.05, 0) is 37.5 Å². The Bertz CT molecular complexity index is 1120. The van der Waals surface area contributed by atoms with Crippen LogP contribution in [0.25, 0.3) is 5.76 Å². The van der Waals surface area contributed by atoms with E-state index in [1.54, 1.807) is 30.3 Å². The number of aryl methyl sites for hydroxylation is 1. The molecule has 2 N–H and O–H groups in total. The summed E-state index contributed by atoms with van der Waals surface area (Å²) in [5.74, 6) is -1.46. The summed E-state index contributed by atoms with van der Waals surface area (Å²) in [7, 11) is 0. The van der Waals surface area contributed by atoms with Crippen LogP contribution in [0.2, 0.25) is 0 Å². The van der Waals surface area contributed by atoms with Gasteiger partial charge in [0.15, 0.2) is 11.5 Å². The van der Waals surface area contributed by atoms with Crippen LogP contribution in [0.4, 0.5) is 0 Å². The molecule has 0 aromatic heterocycles. The van der Waals surface area contributed by atoms with Crippen molar-refractivity contribution in [3.05, 3.63) is 64.7 Å². The number of aliphatic hydroxyl groups is 1. The van der Waals surface area contributed by atoms with E-state index in [2.05, 4.69) is 0 Å². The van der Waals surface area contributed by atoms with Gasteiger partial charge in [0.05, 0.1) is 11.6 Å². The first-order valence-corrected chi connectivity index (χ1v) is 10.8. The number of likely N-dealkylation sites (tertiary alicyclic amines) is 1. The Morgan fingerprint density at radius 1 is 1.00 bits per heavy atom. The number of nitrogens with zero attached hydrogens (tertiary/aromatic N) is 1. The Morgan fingerprint density at radius 3 is 2.45 bits per heavy atom. The molecule has 0 aliphatic carbocycles. The number of carbonyl (C=O) groups excluding carboxylic acids is 2. The number of hydrogen-bond donors (Lipinski definition) is 2. The fourth-order valence-corrected chi connectivity index (χ4v) is 4.14. The van der Waals surface area contributed by atoms with Crippen molar-refractivity contribution in [1.82, 2.24) is 4.90 Å². The van der Waals surface area contributed by atoms with Gasteiger partial charge in [-0.15, -0.1) is 0 Å². The number of amides is 1. The summed E-state index contributed by atoms with van der Waals surface area (Å²) < 4.78 is 10.8. The van der Waals surface area contributed by atoms with Gasteiger partial charge in [-0.25, -0.2) is 0 Å². The smallest absolute Gasteiger partial charge is 0.303 e. The molecule has 0 radical (unpaired) electrons. The second-order valence-electron chi connectivity index (χ2n) is 8.18. The monoisotopic (exact) mass is 451 g/mol. The molecular formula is C25H25NO7. The zero-order chi connectivity index (χ0) is 23.5. The predicted octanol–water partition coefficient (Wildman–Crippen LogP) is 3.79. The first-order chi connectivity index (χ1) is 15.9. The van der Waals surface area contributed by atoms with Gasteiger partial charge in [0.25, 0.3) is 11.7 Å². The number of aliphatic hydroxyl groups excluding tert-OH is 1. The summed E-state index contributed by atoms with van der Waals surface area (Å²) in [6.45, 7) is 2.26. The first kappa shape index (κ1) is 22.4. The largest absolute Gasteiger partial charge is 0.507 e. The predicted molar refractivity (Wildman–Crippen MR) is 119 cm³/mol. The second-order valence-corrected chi connectivity index (χ2v) is 8.18. The molecule has 8 heteroatoms. The van der Waals surface area contributed by atoms with Crippen molar-refractivity contribution in [3.8, 4) is 11.5 Å². The van der Waals surface area contributed by atoms with Crippen LogP contribution in [0.1, 0.15) is 48.4 Å². The number of carboxylic acids is 1. The van der Waals surface area contributed by atoms with E-state index < -0.39 is 23.7 Å². The number of fused-ring (bicyclic) bond motifs is 1. The van der Waals surface area contributed by atoms with Gasteiger partial charge in [0.1, 0.15) is 5.76 Å². The summed E-state index contributed by atoms with van der Waals surface area (Å²) in [5.41, 5.74) is 2.09. The molecule has 1 amide bonds. The molecule has 0 saturated carbocycles. The number of hydrogen-bond acceptors (Lipinski definition) is 6. The minimum Gasteiger partial charge on any atom is -0.507 e. The van der Waals surface area contributed by atoms with E-state index in [-0.39, 0.29) is 31.1 Å². The van der Waals surface area contributed by atoms with Crippen molar-refractivity contribution in [2.45, 2.75) is 38.6 Å². The zero-order valence-corrected chi connectivity index (χ0v) is 18.2. The zero-order valence-electron chi connectivity index (χ0n) is 18.2. The quantitative estimate of drug-likeness (QED) is 0.272. The van der Waals surface area contributed by atoms with E-state index in [4.69, 9.17) is 14.6 Å². The Balaban J connectivity index is 1.70. The summed E-state index contributed by atoms with van der Waals surface area (Å²) in [6, 6.07) is 11.5. The molecule has 1 atom stereocenters. The highest BCUT2D eigenvalue weighted by Gasteiger charge is 2.46. The van der Waals surface area contributed by atoms with Gasteiger partial charge in [-0.3, -0.25) is 14.4 Å². The average molecular weight is 451 g/mol. The molecule has 33 heavy (non-hydrogen) atoms. The van der Waals surface area contributed by atoms with Gasteiger partial charge in [0, 0.05) is 18.5 Å². The number of rotatable bonds is 8. The maximum Gasteiger partial charge on any atom is 0.303 e. The molecule has 1 saturated heterocycles. The lowest BCUT2D eigenvalue weighted by atomic mass is 9.94. The van der Waals surface area contributed by atoms with E-state index in [0.717, 1.165) is 5.56 Å². The molecule has 0 spiro atoms. The number of carbonyl (C=O) groups is 3. The summed E-state index contributed by atoms with van der Waals surface area (Å²) in [4.78, 5) is 38.2. The molecule has 2 aliphatic heterocycles. The van der Waals surface area contributed by atoms with Crippen molar-refractivity contribution < 1.29 is 34.1 Å². The van der Waals surface area contributed by atoms with Gasteiger partial charge < -0.3 is 24.6 Å². The van der Waals surface area contributed by atoms with Crippen LogP contribution in [-0.2, 0) is 14.4 Å². The Labute approximate surface area is 191 Å². The number of unbranched alkanes of at least 4 members (excludes halogenated alkanes) is 2. The Morgan fingerprint density at radius 2 is 1.73 bits per heavy atom. The van der Waals surface area contributed by atoms with E-state index in [9.17, 15) is 19.5 Å². The minimum absolute atomic E-state index is 0.0215. The lowest BCUT2D eigenvalue weighted by Gasteiger charge is -2.25. The van der Waals surface area contributed by atoms with Gasteiger partial charge >= 0.3 is 5.97 Å². The molecule has 4 rings (SSSR count). The van der Waals surface area contributed by atoms with Crippen molar-refractivity contribution in [2.24, 2.45) is 0 Å². The normalized spacial score (nSPS) is 18.7. The first-order valence-electron chi connectivity index (χ1n) is 10.8. The van der Waals surface area contributed by atoms with Crippen LogP contribution < -0.4 is 9.47 Å². The molecule has 8 nitrogen and oxygen atoms in total. The van der Waals surface area contributed by atoms with Crippen molar-refractivity contribution in [2.75, 3.05) is 13.3 Å². The van der Waals surface area contributed by atoms with Crippen LogP contribution in [0, 0.1) is 6.92 Å². The lowest BCUT2D eigenvalue weighted by molar-refractivity contribution is -0.140. The molecule has 0 unspecified atom stereocenters. The molecule has 2 heterocycles. The van der Waals surface area contributed by atoms with E-state index >= 15 is 0 Å². The fourth-order valence-electron chi connectivity index (χ4n) is 4.14. The molecule has 2 aromatic rings. The lowest BCUT2D eigenvalue weighted by Crippen LogP contribution is -2.30. The summed E-state index contributed by atoms with van der Waals surface area (Å²) in [6.07, 6.45) is 1.67. The van der Waals surface area contributed by atoms with E-state index in [1.165, 1.54) is 4.90 Å². The van der Waals surface area contributed by atoms with Crippen LogP contribution in [0.15, 0.2) is 48.0 Å². The Hall–Kier alpha value is -3.81. The van der Waals surface area contributed by atoms with Gasteiger partial charge in [-0.1, -0.05) is 42.3 Å². The van der Waals surface area contributed by atoms with Gasteiger partial charge in [-0.2, -0.15) is 0 Å². The van der Waals surface area contributed by atoms with Crippen LogP contribution in [0.3, 0.4) is 0 Å². The molecule has 1 fully saturated rings. The van der Waals surface area contributed by atoms with Gasteiger partial charge in [0.2, 0.25) is 6.79 Å². The Kier molecular flexibility index (Phi) is 6.35. The standard InChI is InChI=1S/C25H25NO7/c1-15-6-8-16(9-7-15)23(29)21-22(17-10-11-18-19(13-17)33-14-32-18)26(25(31)24(21)30)12-4-2-3-5-20(27)28/h6-11,13,22,29H,2-5,12,14H2,1H3,(H,27,28)/t22-/m1/s1. The molecule has 172 valence electrons. The highest BCUT2D eigenvalue weighted by atomic mass is 16.7. The van der Waals surface area contributed by atoms with Crippen molar-refractivity contribution >= 4 is 23.4 Å². The fraction of sp³-hybridized carbons (Fsp3) is 0.320. The maximum absolute atomic E-state index is 13.1.